The lowest BCUT2D eigenvalue weighted by molar-refractivity contribution is -0.152. The summed E-state index contributed by atoms with van der Waals surface area (Å²) in [4.78, 5) is 13.1. The molecule has 0 fully saturated rings. The van der Waals surface area contributed by atoms with Crippen molar-refractivity contribution in [2.75, 3.05) is 14.2 Å². The fourth-order valence-electron chi connectivity index (χ4n) is 3.39. The van der Waals surface area contributed by atoms with E-state index in [1.807, 2.05) is 0 Å². The van der Waals surface area contributed by atoms with Crippen LogP contribution in [0.5, 0.6) is 11.5 Å². The van der Waals surface area contributed by atoms with E-state index in [4.69, 9.17) is 13.9 Å². The van der Waals surface area contributed by atoms with Crippen molar-refractivity contribution in [1.29, 1.82) is 0 Å². The minimum Gasteiger partial charge on any atom is -0.493 e. The standard InChI is InChI=1S/C22H16F4N2O4/c1-30-16-8-7-15-18(29)17(21(22(24,25)26)32-19(15)20(16)31-2)13-9-27-28(11-13)10-12-3-5-14(23)6-4-12/h3-9,11H,10H2,1-2H3. The van der Waals surface area contributed by atoms with E-state index in [1.165, 1.54) is 61.5 Å². The van der Waals surface area contributed by atoms with E-state index in [9.17, 15) is 22.4 Å². The zero-order valence-electron chi connectivity index (χ0n) is 16.9. The van der Waals surface area contributed by atoms with Gasteiger partial charge >= 0.3 is 6.18 Å². The first-order chi connectivity index (χ1) is 15.2. The summed E-state index contributed by atoms with van der Waals surface area (Å²) in [7, 11) is 2.55. The van der Waals surface area contributed by atoms with Gasteiger partial charge < -0.3 is 13.9 Å². The highest BCUT2D eigenvalue weighted by Gasteiger charge is 2.40. The molecule has 4 rings (SSSR count). The van der Waals surface area contributed by atoms with Gasteiger partial charge in [-0.25, -0.2) is 4.39 Å². The largest absolute Gasteiger partial charge is 0.493 e. The van der Waals surface area contributed by atoms with Gasteiger partial charge in [0.1, 0.15) is 5.82 Å². The minimum atomic E-state index is -4.96. The van der Waals surface area contributed by atoms with Gasteiger partial charge in [-0.05, 0) is 29.8 Å². The van der Waals surface area contributed by atoms with Gasteiger partial charge in [0.2, 0.25) is 16.9 Å². The zero-order chi connectivity index (χ0) is 23.0. The first-order valence-electron chi connectivity index (χ1n) is 9.29. The van der Waals surface area contributed by atoms with Crippen molar-refractivity contribution in [3.63, 3.8) is 0 Å². The van der Waals surface area contributed by atoms with Crippen molar-refractivity contribution in [3.05, 3.63) is 76.2 Å². The number of fused-ring (bicyclic) bond motifs is 1. The number of benzene rings is 2. The van der Waals surface area contributed by atoms with Crippen LogP contribution in [-0.4, -0.2) is 24.0 Å². The maximum absolute atomic E-state index is 13.9. The molecule has 0 aliphatic rings. The van der Waals surface area contributed by atoms with Crippen molar-refractivity contribution >= 4 is 11.0 Å². The van der Waals surface area contributed by atoms with E-state index in [0.29, 0.717) is 5.56 Å². The number of aromatic nitrogens is 2. The maximum atomic E-state index is 13.9. The summed E-state index contributed by atoms with van der Waals surface area (Å²) >= 11 is 0. The lowest BCUT2D eigenvalue weighted by Crippen LogP contribution is -2.16. The van der Waals surface area contributed by atoms with Crippen LogP contribution in [-0.2, 0) is 12.7 Å². The number of halogens is 4. The smallest absolute Gasteiger partial charge is 0.450 e. The Kier molecular flexibility index (Phi) is 5.37. The monoisotopic (exact) mass is 448 g/mol. The van der Waals surface area contributed by atoms with Gasteiger partial charge in [0, 0.05) is 11.8 Å². The van der Waals surface area contributed by atoms with Gasteiger partial charge in [0.05, 0.1) is 37.9 Å². The maximum Gasteiger partial charge on any atom is 0.450 e. The third-order valence-electron chi connectivity index (χ3n) is 4.84. The summed E-state index contributed by atoms with van der Waals surface area (Å²) in [6, 6.07) is 8.31. The second-order valence-electron chi connectivity index (χ2n) is 6.86. The van der Waals surface area contributed by atoms with Crippen LogP contribution in [0, 0.1) is 5.82 Å². The zero-order valence-corrected chi connectivity index (χ0v) is 16.9. The minimum absolute atomic E-state index is 0.0649. The van der Waals surface area contributed by atoms with Crippen LogP contribution in [0.3, 0.4) is 0 Å². The molecule has 166 valence electrons. The van der Waals surface area contributed by atoms with E-state index in [0.717, 1.165) is 6.20 Å². The van der Waals surface area contributed by atoms with Gasteiger partial charge in [0.15, 0.2) is 11.3 Å². The number of methoxy groups -OCH3 is 2. The molecule has 4 aromatic rings. The molecule has 0 saturated heterocycles. The Bertz CT molecular complexity index is 1340. The molecular formula is C22H16F4N2O4. The fourth-order valence-corrected chi connectivity index (χ4v) is 3.39. The van der Waals surface area contributed by atoms with Crippen molar-refractivity contribution in [2.24, 2.45) is 0 Å². The Morgan fingerprint density at radius 3 is 2.41 bits per heavy atom. The summed E-state index contributed by atoms with van der Waals surface area (Å²) in [5.74, 6) is -1.88. The number of alkyl halides is 3. The molecule has 0 aliphatic carbocycles. The van der Waals surface area contributed by atoms with Crippen molar-refractivity contribution in [3.8, 4) is 22.6 Å². The van der Waals surface area contributed by atoms with Gasteiger partial charge in [-0.2, -0.15) is 18.3 Å². The van der Waals surface area contributed by atoms with Gasteiger partial charge in [-0.15, -0.1) is 0 Å². The average Bonchev–Trinajstić information content (AvgIpc) is 3.21. The second kappa shape index (κ2) is 8.03. The van der Waals surface area contributed by atoms with Crippen molar-refractivity contribution < 1.29 is 31.5 Å². The molecule has 2 heterocycles. The normalized spacial score (nSPS) is 11.7. The van der Waals surface area contributed by atoms with Crippen LogP contribution in [0.4, 0.5) is 17.6 Å². The summed E-state index contributed by atoms with van der Waals surface area (Å²) in [6.45, 7) is 0.172. The van der Waals surface area contributed by atoms with Crippen molar-refractivity contribution in [1.82, 2.24) is 9.78 Å². The van der Waals surface area contributed by atoms with E-state index in [1.54, 1.807) is 0 Å². The summed E-state index contributed by atoms with van der Waals surface area (Å²) in [6.07, 6.45) is -2.51. The predicted molar refractivity (Wildman–Crippen MR) is 107 cm³/mol. The van der Waals surface area contributed by atoms with E-state index >= 15 is 0 Å². The number of hydrogen-bond donors (Lipinski definition) is 0. The molecule has 6 nitrogen and oxygen atoms in total. The van der Waals surface area contributed by atoms with Crippen LogP contribution >= 0.6 is 0 Å². The third kappa shape index (κ3) is 3.79. The van der Waals surface area contributed by atoms with Crippen LogP contribution < -0.4 is 14.9 Å². The molecule has 0 bridgehead atoms. The lowest BCUT2D eigenvalue weighted by atomic mass is 10.0. The number of ether oxygens (including phenoxy) is 2. The Labute approximate surface area is 178 Å². The molecule has 0 radical (unpaired) electrons. The summed E-state index contributed by atoms with van der Waals surface area (Å²) in [5.41, 5.74) is -1.31. The average molecular weight is 448 g/mol. The highest BCUT2D eigenvalue weighted by atomic mass is 19.4. The van der Waals surface area contributed by atoms with Gasteiger partial charge in [-0.3, -0.25) is 9.48 Å². The van der Waals surface area contributed by atoms with E-state index in [2.05, 4.69) is 5.10 Å². The molecular weight excluding hydrogens is 432 g/mol. The number of rotatable bonds is 5. The van der Waals surface area contributed by atoms with Crippen LogP contribution in [0.1, 0.15) is 11.3 Å². The van der Waals surface area contributed by atoms with E-state index in [-0.39, 0.29) is 34.6 Å². The lowest BCUT2D eigenvalue weighted by Gasteiger charge is -2.14. The molecule has 0 saturated carbocycles. The van der Waals surface area contributed by atoms with E-state index < -0.39 is 28.7 Å². The van der Waals surface area contributed by atoms with Crippen LogP contribution in [0.25, 0.3) is 22.1 Å². The predicted octanol–water partition coefficient (Wildman–Crippen LogP) is 4.88. The molecule has 0 amide bonds. The Morgan fingerprint density at radius 1 is 1.06 bits per heavy atom. The molecule has 10 heteroatoms. The summed E-state index contributed by atoms with van der Waals surface area (Å²) < 4.78 is 71.5. The topological polar surface area (TPSA) is 66.5 Å². The summed E-state index contributed by atoms with van der Waals surface area (Å²) in [5, 5.41) is 3.95. The molecule has 2 aromatic carbocycles. The highest BCUT2D eigenvalue weighted by molar-refractivity contribution is 5.89. The second-order valence-corrected chi connectivity index (χ2v) is 6.86. The quantitative estimate of drug-likeness (QED) is 0.407. The molecule has 0 N–H and O–H groups in total. The first-order valence-corrected chi connectivity index (χ1v) is 9.29. The number of nitrogens with zero attached hydrogens (tertiary/aromatic N) is 2. The van der Waals surface area contributed by atoms with Crippen molar-refractivity contribution in [2.45, 2.75) is 12.7 Å². The Hall–Kier alpha value is -3.82. The molecule has 32 heavy (non-hydrogen) atoms. The fraction of sp³-hybridized carbons (Fsp3) is 0.182. The van der Waals surface area contributed by atoms with Gasteiger partial charge in [-0.1, -0.05) is 12.1 Å². The Morgan fingerprint density at radius 2 is 1.78 bits per heavy atom. The van der Waals surface area contributed by atoms with Crippen LogP contribution in [0.15, 0.2) is 58.0 Å². The molecule has 0 atom stereocenters. The number of hydrogen-bond acceptors (Lipinski definition) is 5. The van der Waals surface area contributed by atoms with Crippen LogP contribution in [0.2, 0.25) is 0 Å². The highest BCUT2D eigenvalue weighted by Crippen LogP contribution is 2.41. The molecule has 0 aliphatic heterocycles. The third-order valence-corrected chi connectivity index (χ3v) is 4.84. The molecule has 2 aromatic heterocycles. The molecule has 0 spiro atoms. The molecule has 0 unspecified atom stereocenters. The Balaban J connectivity index is 1.89. The first kappa shape index (κ1) is 21.4. The van der Waals surface area contributed by atoms with Gasteiger partial charge in [0.25, 0.3) is 0 Å². The SMILES string of the molecule is COc1ccc2c(=O)c(-c3cnn(Cc4ccc(F)cc4)c3)c(C(F)(F)F)oc2c1OC.